The lowest BCUT2D eigenvalue weighted by Crippen LogP contribution is -2.19. The maximum atomic E-state index is 11.5. The Labute approximate surface area is 122 Å². The van der Waals surface area contributed by atoms with Gasteiger partial charge < -0.3 is 11.1 Å². The molecule has 1 unspecified atom stereocenters. The van der Waals surface area contributed by atoms with Crippen molar-refractivity contribution in [2.75, 3.05) is 5.32 Å². The fraction of sp³-hybridized carbons (Fsp3) is 0.188. The Morgan fingerprint density at radius 1 is 1.25 bits per heavy atom. The number of nitrogens with two attached hydrogens (primary N) is 1. The lowest BCUT2D eigenvalue weighted by Gasteiger charge is -2.06. The van der Waals surface area contributed by atoms with Crippen LogP contribution >= 0.6 is 11.8 Å². The first kappa shape index (κ1) is 13.2. The van der Waals surface area contributed by atoms with E-state index < -0.39 is 6.04 Å². The molecule has 3 N–H and O–H groups in total. The molecule has 0 radical (unpaired) electrons. The van der Waals surface area contributed by atoms with E-state index in [-0.39, 0.29) is 5.91 Å². The van der Waals surface area contributed by atoms with Crippen molar-refractivity contribution in [3.05, 3.63) is 59.2 Å². The fourth-order valence-electron chi connectivity index (χ4n) is 2.32. The van der Waals surface area contributed by atoms with Crippen LogP contribution in [0.15, 0.2) is 47.4 Å². The first-order valence-corrected chi connectivity index (χ1v) is 7.51. The standard InChI is InChI=1S/C16H16N2OS/c1-10-3-2-4-11(7-10)9-20-12-5-6-13-14(8-12)18-16(19)15(13)17/h2-8,15H,9,17H2,1H3,(H,18,19). The molecule has 3 rings (SSSR count). The average molecular weight is 284 g/mol. The number of benzene rings is 2. The van der Waals surface area contributed by atoms with Crippen molar-refractivity contribution in [1.82, 2.24) is 0 Å². The monoisotopic (exact) mass is 284 g/mol. The maximum absolute atomic E-state index is 11.5. The molecule has 3 nitrogen and oxygen atoms in total. The molecule has 1 atom stereocenters. The summed E-state index contributed by atoms with van der Waals surface area (Å²) >= 11 is 1.76. The Hall–Kier alpha value is -1.78. The lowest BCUT2D eigenvalue weighted by atomic mass is 10.1. The van der Waals surface area contributed by atoms with Crippen molar-refractivity contribution in [3.8, 4) is 0 Å². The van der Waals surface area contributed by atoms with Crippen LogP contribution in [0, 0.1) is 6.92 Å². The molecule has 0 aliphatic carbocycles. The van der Waals surface area contributed by atoms with E-state index >= 15 is 0 Å². The molecule has 2 aromatic carbocycles. The van der Waals surface area contributed by atoms with Crippen molar-refractivity contribution < 1.29 is 4.79 Å². The molecule has 0 bridgehead atoms. The molecular weight excluding hydrogens is 268 g/mol. The predicted molar refractivity (Wildman–Crippen MR) is 82.7 cm³/mol. The number of nitrogens with one attached hydrogen (secondary N) is 1. The molecule has 4 heteroatoms. The average Bonchev–Trinajstić information content (AvgIpc) is 2.72. The normalized spacial score (nSPS) is 16.9. The topological polar surface area (TPSA) is 55.1 Å². The summed E-state index contributed by atoms with van der Waals surface area (Å²) in [6.45, 7) is 2.10. The second-order valence-electron chi connectivity index (χ2n) is 4.99. The molecule has 1 aliphatic heterocycles. The van der Waals surface area contributed by atoms with E-state index in [1.54, 1.807) is 11.8 Å². The van der Waals surface area contributed by atoms with Gasteiger partial charge in [0.05, 0.1) is 0 Å². The first-order chi connectivity index (χ1) is 9.63. The van der Waals surface area contributed by atoms with Crippen molar-refractivity contribution in [1.29, 1.82) is 0 Å². The summed E-state index contributed by atoms with van der Waals surface area (Å²) in [5.74, 6) is 0.793. The van der Waals surface area contributed by atoms with Gasteiger partial charge in [0.15, 0.2) is 0 Å². The van der Waals surface area contributed by atoms with Crippen LogP contribution < -0.4 is 11.1 Å². The molecule has 1 aliphatic rings. The number of hydrogen-bond acceptors (Lipinski definition) is 3. The maximum Gasteiger partial charge on any atom is 0.245 e. The number of carbonyl (C=O) groups is 1. The minimum atomic E-state index is -0.527. The van der Waals surface area contributed by atoms with Crippen molar-refractivity contribution >= 4 is 23.4 Å². The number of aryl methyl sites for hydroxylation is 1. The van der Waals surface area contributed by atoms with Crippen molar-refractivity contribution in [2.45, 2.75) is 23.6 Å². The summed E-state index contributed by atoms with van der Waals surface area (Å²) in [7, 11) is 0. The summed E-state index contributed by atoms with van der Waals surface area (Å²) in [4.78, 5) is 12.7. The van der Waals surface area contributed by atoms with Gasteiger partial charge >= 0.3 is 0 Å². The predicted octanol–water partition coefficient (Wildman–Crippen LogP) is 3.24. The summed E-state index contributed by atoms with van der Waals surface area (Å²) in [5, 5.41) is 2.82. The molecule has 2 aromatic rings. The molecule has 0 spiro atoms. The number of hydrogen-bond donors (Lipinski definition) is 2. The molecule has 0 saturated heterocycles. The van der Waals surface area contributed by atoms with Gasteiger partial charge in [0.25, 0.3) is 0 Å². The highest BCUT2D eigenvalue weighted by molar-refractivity contribution is 7.98. The van der Waals surface area contributed by atoms with Crippen LogP contribution in [0.25, 0.3) is 0 Å². The second-order valence-corrected chi connectivity index (χ2v) is 6.04. The summed E-state index contributed by atoms with van der Waals surface area (Å²) in [6, 6.07) is 13.9. The highest BCUT2D eigenvalue weighted by Crippen LogP contribution is 2.34. The van der Waals surface area contributed by atoms with Crippen molar-refractivity contribution in [2.24, 2.45) is 5.73 Å². The SMILES string of the molecule is Cc1cccc(CSc2ccc3c(c2)NC(=O)C3N)c1. The first-order valence-electron chi connectivity index (χ1n) is 6.52. The van der Waals surface area contributed by atoms with E-state index in [4.69, 9.17) is 5.73 Å². The number of fused-ring (bicyclic) bond motifs is 1. The van der Waals surface area contributed by atoms with E-state index in [9.17, 15) is 4.79 Å². The number of carbonyl (C=O) groups excluding carboxylic acids is 1. The van der Waals surface area contributed by atoms with Gasteiger partial charge in [0, 0.05) is 21.9 Å². The van der Waals surface area contributed by atoms with Crippen molar-refractivity contribution in [3.63, 3.8) is 0 Å². The zero-order chi connectivity index (χ0) is 14.1. The third-order valence-corrected chi connectivity index (χ3v) is 4.45. The Morgan fingerprint density at radius 3 is 2.90 bits per heavy atom. The minimum absolute atomic E-state index is 0.124. The number of amides is 1. The summed E-state index contributed by atoms with van der Waals surface area (Å²) in [5.41, 5.74) is 10.1. The highest BCUT2D eigenvalue weighted by Gasteiger charge is 2.26. The summed E-state index contributed by atoms with van der Waals surface area (Å²) < 4.78 is 0. The molecule has 0 saturated carbocycles. The number of thioether (sulfide) groups is 1. The van der Waals surface area contributed by atoms with Gasteiger partial charge in [-0.15, -0.1) is 11.8 Å². The highest BCUT2D eigenvalue weighted by atomic mass is 32.2. The van der Waals surface area contributed by atoms with Gasteiger partial charge in [0.2, 0.25) is 5.91 Å². The third-order valence-electron chi connectivity index (χ3n) is 3.39. The third kappa shape index (κ3) is 2.57. The number of anilines is 1. The minimum Gasteiger partial charge on any atom is -0.324 e. The van der Waals surface area contributed by atoms with Gasteiger partial charge in [-0.2, -0.15) is 0 Å². The van der Waals surface area contributed by atoms with Crippen LogP contribution in [-0.2, 0) is 10.5 Å². The molecular formula is C16H16N2OS. The molecule has 0 fully saturated rings. The number of rotatable bonds is 3. The van der Waals surface area contributed by atoms with Crippen LogP contribution in [0.2, 0.25) is 0 Å². The van der Waals surface area contributed by atoms with E-state index in [0.717, 1.165) is 21.9 Å². The quantitative estimate of drug-likeness (QED) is 0.851. The zero-order valence-corrected chi connectivity index (χ0v) is 12.0. The van der Waals surface area contributed by atoms with Gasteiger partial charge in [-0.05, 0) is 24.6 Å². The van der Waals surface area contributed by atoms with Gasteiger partial charge in [0.1, 0.15) is 6.04 Å². The summed E-state index contributed by atoms with van der Waals surface area (Å²) in [6.07, 6.45) is 0. The van der Waals surface area contributed by atoms with Crippen LogP contribution in [0.1, 0.15) is 22.7 Å². The molecule has 20 heavy (non-hydrogen) atoms. The lowest BCUT2D eigenvalue weighted by molar-refractivity contribution is -0.116. The molecule has 1 heterocycles. The Kier molecular flexibility index (Phi) is 3.51. The second kappa shape index (κ2) is 5.31. The van der Waals surface area contributed by atoms with Crippen LogP contribution in [0.3, 0.4) is 0 Å². The van der Waals surface area contributed by atoms with Gasteiger partial charge in [-0.25, -0.2) is 0 Å². The zero-order valence-electron chi connectivity index (χ0n) is 11.2. The molecule has 102 valence electrons. The fourth-order valence-corrected chi connectivity index (χ4v) is 3.20. The van der Waals surface area contributed by atoms with E-state index in [0.29, 0.717) is 0 Å². The Bertz CT molecular complexity index is 669. The van der Waals surface area contributed by atoms with Crippen LogP contribution in [-0.4, -0.2) is 5.91 Å². The van der Waals surface area contributed by atoms with Gasteiger partial charge in [-0.3, -0.25) is 4.79 Å². The van der Waals surface area contributed by atoms with Gasteiger partial charge in [-0.1, -0.05) is 35.9 Å². The van der Waals surface area contributed by atoms with E-state index in [2.05, 4.69) is 36.5 Å². The largest absolute Gasteiger partial charge is 0.324 e. The van der Waals surface area contributed by atoms with E-state index in [1.807, 2.05) is 18.2 Å². The van der Waals surface area contributed by atoms with E-state index in [1.165, 1.54) is 11.1 Å². The van der Waals surface area contributed by atoms with Crippen LogP contribution in [0.5, 0.6) is 0 Å². The molecule has 1 amide bonds. The smallest absolute Gasteiger partial charge is 0.245 e. The van der Waals surface area contributed by atoms with Crippen LogP contribution in [0.4, 0.5) is 5.69 Å². The Balaban J connectivity index is 1.74. The Morgan fingerprint density at radius 2 is 2.10 bits per heavy atom. The molecule has 0 aromatic heterocycles.